The van der Waals surface area contributed by atoms with Crippen LogP contribution in [-0.2, 0) is 0 Å². The van der Waals surface area contributed by atoms with Crippen molar-refractivity contribution in [1.29, 1.82) is 0 Å². The monoisotopic (exact) mass is 329 g/mol. The number of fused-ring (bicyclic) bond motifs is 1. The van der Waals surface area contributed by atoms with Gasteiger partial charge in [0.25, 0.3) is 0 Å². The highest BCUT2D eigenvalue weighted by molar-refractivity contribution is 7.80. The normalized spacial score (nSPS) is 11.1. The van der Waals surface area contributed by atoms with Gasteiger partial charge in [-0.15, -0.1) is 0 Å². The van der Waals surface area contributed by atoms with Crippen molar-refractivity contribution in [3.05, 3.63) is 59.3 Å². The van der Waals surface area contributed by atoms with E-state index in [0.29, 0.717) is 10.8 Å². The molecule has 0 amide bonds. The standard InChI is InChI=1S/C16H12ClN3OS/c17-11-6-7-13-12(8-11)15(10-4-2-1-3-5-10)14(21-13)9-19-20-16(18)22/h1-9H,(H3,18,20,22). The number of rotatable bonds is 3. The first-order valence-corrected chi connectivity index (χ1v) is 7.30. The van der Waals surface area contributed by atoms with E-state index in [2.05, 4.69) is 10.5 Å². The molecule has 0 radical (unpaired) electrons. The number of hydrazone groups is 1. The van der Waals surface area contributed by atoms with Gasteiger partial charge in [0.1, 0.15) is 5.58 Å². The number of hydrogen-bond acceptors (Lipinski definition) is 3. The third-order valence-electron chi connectivity index (χ3n) is 3.10. The quantitative estimate of drug-likeness (QED) is 0.434. The van der Waals surface area contributed by atoms with Crippen molar-refractivity contribution in [2.75, 3.05) is 0 Å². The molecule has 110 valence electrons. The number of thiocarbonyl (C=S) groups is 1. The van der Waals surface area contributed by atoms with Crippen molar-refractivity contribution >= 4 is 46.1 Å². The highest BCUT2D eigenvalue weighted by atomic mass is 35.5. The molecular formula is C16H12ClN3OS. The summed E-state index contributed by atoms with van der Waals surface area (Å²) in [6.45, 7) is 0. The molecule has 0 aliphatic heterocycles. The maximum Gasteiger partial charge on any atom is 0.184 e. The molecule has 0 saturated heterocycles. The lowest BCUT2D eigenvalue weighted by Gasteiger charge is -2.00. The predicted molar refractivity (Wildman–Crippen MR) is 94.2 cm³/mol. The maximum absolute atomic E-state index is 6.11. The Hall–Kier alpha value is -2.37. The first-order chi connectivity index (χ1) is 10.6. The lowest BCUT2D eigenvalue weighted by atomic mass is 10.0. The lowest BCUT2D eigenvalue weighted by Crippen LogP contribution is -2.23. The van der Waals surface area contributed by atoms with Crippen LogP contribution in [0.5, 0.6) is 0 Å². The van der Waals surface area contributed by atoms with Crippen molar-refractivity contribution in [1.82, 2.24) is 5.43 Å². The van der Waals surface area contributed by atoms with Crippen molar-refractivity contribution < 1.29 is 4.42 Å². The van der Waals surface area contributed by atoms with Crippen molar-refractivity contribution in [2.24, 2.45) is 10.8 Å². The molecule has 22 heavy (non-hydrogen) atoms. The number of nitrogens with zero attached hydrogens (tertiary/aromatic N) is 1. The van der Waals surface area contributed by atoms with Crippen LogP contribution in [0.3, 0.4) is 0 Å². The van der Waals surface area contributed by atoms with Crippen LogP contribution >= 0.6 is 23.8 Å². The second-order valence-corrected chi connectivity index (χ2v) is 5.46. The molecule has 4 nitrogen and oxygen atoms in total. The fraction of sp³-hybridized carbons (Fsp3) is 0. The lowest BCUT2D eigenvalue weighted by molar-refractivity contribution is 0.608. The van der Waals surface area contributed by atoms with E-state index in [1.54, 1.807) is 12.3 Å². The zero-order valence-electron chi connectivity index (χ0n) is 11.4. The van der Waals surface area contributed by atoms with E-state index in [-0.39, 0.29) is 5.11 Å². The number of nitrogens with one attached hydrogen (secondary N) is 1. The zero-order valence-corrected chi connectivity index (χ0v) is 13.0. The minimum absolute atomic E-state index is 0.0941. The molecule has 0 aliphatic rings. The molecule has 3 aromatic rings. The Morgan fingerprint density at radius 2 is 2.00 bits per heavy atom. The van der Waals surface area contributed by atoms with Crippen LogP contribution in [0.15, 0.2) is 58.0 Å². The van der Waals surface area contributed by atoms with Crippen molar-refractivity contribution in [2.45, 2.75) is 0 Å². The second-order valence-electron chi connectivity index (χ2n) is 4.58. The number of benzene rings is 2. The molecule has 2 aromatic carbocycles. The molecule has 0 spiro atoms. The Balaban J connectivity index is 2.18. The molecule has 3 rings (SSSR count). The van der Waals surface area contributed by atoms with Crippen LogP contribution in [0.1, 0.15) is 5.76 Å². The van der Waals surface area contributed by atoms with Crippen LogP contribution in [0.25, 0.3) is 22.1 Å². The van der Waals surface area contributed by atoms with Gasteiger partial charge < -0.3 is 10.2 Å². The Labute approximate surface area is 137 Å². The average molecular weight is 330 g/mol. The molecule has 6 heteroatoms. The van der Waals surface area contributed by atoms with E-state index in [1.807, 2.05) is 42.5 Å². The summed E-state index contributed by atoms with van der Waals surface area (Å²) in [5, 5.41) is 5.65. The molecule has 0 aliphatic carbocycles. The fourth-order valence-electron chi connectivity index (χ4n) is 2.24. The number of nitrogens with two attached hydrogens (primary N) is 1. The van der Waals surface area contributed by atoms with Crippen molar-refractivity contribution in [3.63, 3.8) is 0 Å². The molecule has 0 unspecified atom stereocenters. The largest absolute Gasteiger partial charge is 0.454 e. The number of hydrogen-bond donors (Lipinski definition) is 2. The van der Waals surface area contributed by atoms with Crippen molar-refractivity contribution in [3.8, 4) is 11.1 Å². The van der Waals surface area contributed by atoms with Gasteiger partial charge >= 0.3 is 0 Å². The fourth-order valence-corrected chi connectivity index (χ4v) is 2.46. The van der Waals surface area contributed by atoms with Crippen LogP contribution in [0.2, 0.25) is 5.02 Å². The zero-order chi connectivity index (χ0) is 15.5. The van der Waals surface area contributed by atoms with Crippen LogP contribution in [-0.4, -0.2) is 11.3 Å². The van der Waals surface area contributed by atoms with Gasteiger partial charge in [0.2, 0.25) is 0 Å². The molecule has 0 bridgehead atoms. The Bertz CT molecular complexity index is 858. The van der Waals surface area contributed by atoms with Gasteiger partial charge in [-0.2, -0.15) is 5.10 Å². The average Bonchev–Trinajstić information content (AvgIpc) is 2.85. The topological polar surface area (TPSA) is 63.5 Å². The highest BCUT2D eigenvalue weighted by Gasteiger charge is 2.15. The minimum Gasteiger partial charge on any atom is -0.454 e. The summed E-state index contributed by atoms with van der Waals surface area (Å²) in [6, 6.07) is 15.4. The van der Waals surface area contributed by atoms with Gasteiger partial charge in [0.15, 0.2) is 10.9 Å². The van der Waals surface area contributed by atoms with Crippen LogP contribution in [0, 0.1) is 0 Å². The SMILES string of the molecule is NC(=S)NN=Cc1oc2ccc(Cl)cc2c1-c1ccccc1. The van der Waals surface area contributed by atoms with E-state index >= 15 is 0 Å². The molecule has 1 heterocycles. The predicted octanol–water partition coefficient (Wildman–Crippen LogP) is 3.92. The molecule has 0 fully saturated rings. The summed E-state index contributed by atoms with van der Waals surface area (Å²) in [6.07, 6.45) is 1.55. The first-order valence-electron chi connectivity index (χ1n) is 6.51. The molecule has 1 aromatic heterocycles. The van der Waals surface area contributed by atoms with E-state index in [1.165, 1.54) is 0 Å². The first kappa shape index (κ1) is 14.6. The second kappa shape index (κ2) is 6.17. The van der Waals surface area contributed by atoms with E-state index in [0.717, 1.165) is 22.1 Å². The Kier molecular flexibility index (Phi) is 4.09. The molecule has 3 N–H and O–H groups in total. The van der Waals surface area contributed by atoms with Gasteiger partial charge in [-0.05, 0) is 36.0 Å². The third kappa shape index (κ3) is 2.95. The maximum atomic E-state index is 6.11. The summed E-state index contributed by atoms with van der Waals surface area (Å²) in [5.74, 6) is 0.604. The van der Waals surface area contributed by atoms with E-state index in [9.17, 15) is 0 Å². The van der Waals surface area contributed by atoms with Crippen LogP contribution in [0.4, 0.5) is 0 Å². The summed E-state index contributed by atoms with van der Waals surface area (Å²) in [5.41, 5.74) is 10.6. The molecule has 0 saturated carbocycles. The Morgan fingerprint density at radius 3 is 2.73 bits per heavy atom. The van der Waals surface area contributed by atoms with Gasteiger partial charge in [0, 0.05) is 16.0 Å². The minimum atomic E-state index is 0.0941. The summed E-state index contributed by atoms with van der Waals surface area (Å²) < 4.78 is 5.86. The summed E-state index contributed by atoms with van der Waals surface area (Å²) in [4.78, 5) is 0. The van der Waals surface area contributed by atoms with Crippen LogP contribution < -0.4 is 11.2 Å². The summed E-state index contributed by atoms with van der Waals surface area (Å²) >= 11 is 10.8. The van der Waals surface area contributed by atoms with E-state index in [4.69, 9.17) is 34.0 Å². The molecule has 0 atom stereocenters. The number of furan rings is 1. The van der Waals surface area contributed by atoms with Gasteiger partial charge in [-0.25, -0.2) is 0 Å². The Morgan fingerprint density at radius 1 is 1.23 bits per heavy atom. The van der Waals surface area contributed by atoms with Gasteiger partial charge in [-0.3, -0.25) is 5.43 Å². The third-order valence-corrected chi connectivity index (χ3v) is 3.42. The summed E-state index contributed by atoms with van der Waals surface area (Å²) in [7, 11) is 0. The smallest absolute Gasteiger partial charge is 0.184 e. The number of halogens is 1. The van der Waals surface area contributed by atoms with Gasteiger partial charge in [-0.1, -0.05) is 41.9 Å². The van der Waals surface area contributed by atoms with E-state index < -0.39 is 0 Å². The molecular weight excluding hydrogens is 318 g/mol. The highest BCUT2D eigenvalue weighted by Crippen LogP contribution is 2.35. The van der Waals surface area contributed by atoms with Gasteiger partial charge in [0.05, 0.1) is 6.21 Å².